The third-order valence-corrected chi connectivity index (χ3v) is 2.79. The first-order valence-corrected chi connectivity index (χ1v) is 6.01. The molecule has 0 aliphatic carbocycles. The van der Waals surface area contributed by atoms with Gasteiger partial charge in [-0.15, -0.1) is 0 Å². The first-order valence-electron chi connectivity index (χ1n) is 5.63. The Balaban J connectivity index is 2.28. The van der Waals surface area contributed by atoms with Crippen molar-refractivity contribution in [2.75, 3.05) is 12.4 Å². The lowest BCUT2D eigenvalue weighted by Crippen LogP contribution is -2.14. The molecule has 8 nitrogen and oxygen atoms in total. The van der Waals surface area contributed by atoms with E-state index in [1.54, 1.807) is 12.1 Å². The van der Waals surface area contributed by atoms with Crippen LogP contribution in [0.2, 0.25) is 5.15 Å². The number of hydrogen-bond donors (Lipinski definition) is 1. The van der Waals surface area contributed by atoms with Gasteiger partial charge in [0.15, 0.2) is 0 Å². The summed E-state index contributed by atoms with van der Waals surface area (Å²) in [4.78, 5) is 29.8. The van der Waals surface area contributed by atoms with E-state index in [-0.39, 0.29) is 10.7 Å². The van der Waals surface area contributed by atoms with Crippen molar-refractivity contribution in [2.24, 2.45) is 0 Å². The second-order valence-electron chi connectivity index (χ2n) is 3.80. The van der Waals surface area contributed by atoms with E-state index in [4.69, 9.17) is 16.3 Å². The lowest BCUT2D eigenvalue weighted by Gasteiger charge is -2.06. The standard InChI is InChI=1S/C12H9ClN4O4/c1-21-9-3-2-7(6-15-9)16-12(18)8-4-5-14-11(13)10(8)17(19)20/h2-6H,1H3,(H,16,18). The minimum atomic E-state index is -0.753. The number of nitrogens with one attached hydrogen (secondary N) is 1. The average Bonchev–Trinajstić information content (AvgIpc) is 2.47. The molecule has 0 aromatic carbocycles. The first kappa shape index (κ1) is 14.7. The number of aromatic nitrogens is 2. The Labute approximate surface area is 123 Å². The van der Waals surface area contributed by atoms with Crippen LogP contribution in [0.5, 0.6) is 5.88 Å². The summed E-state index contributed by atoms with van der Waals surface area (Å²) in [5.74, 6) is -0.302. The number of hydrogen-bond acceptors (Lipinski definition) is 6. The number of ether oxygens (including phenoxy) is 1. The number of anilines is 1. The van der Waals surface area contributed by atoms with Crippen LogP contribution in [-0.2, 0) is 0 Å². The average molecular weight is 309 g/mol. The molecule has 0 aliphatic heterocycles. The number of amides is 1. The molecule has 0 bridgehead atoms. The van der Waals surface area contributed by atoms with Gasteiger partial charge < -0.3 is 10.1 Å². The number of nitro groups is 1. The molecule has 1 amide bonds. The number of pyridine rings is 2. The Kier molecular flexibility index (Phi) is 4.29. The molecule has 1 N–H and O–H groups in total. The molecule has 0 unspecified atom stereocenters. The maximum atomic E-state index is 12.1. The maximum absolute atomic E-state index is 12.1. The Hall–Kier alpha value is -2.74. The van der Waals surface area contributed by atoms with Crippen LogP contribution in [0.4, 0.5) is 11.4 Å². The van der Waals surface area contributed by atoms with Crippen molar-refractivity contribution in [1.82, 2.24) is 9.97 Å². The Morgan fingerprint density at radius 1 is 1.38 bits per heavy atom. The zero-order valence-corrected chi connectivity index (χ0v) is 11.5. The predicted molar refractivity (Wildman–Crippen MR) is 74.6 cm³/mol. The van der Waals surface area contributed by atoms with Crippen molar-refractivity contribution in [1.29, 1.82) is 0 Å². The molecule has 0 fully saturated rings. The normalized spacial score (nSPS) is 10.0. The number of carbonyl (C=O) groups excluding carboxylic acids is 1. The van der Waals surface area contributed by atoms with Crippen molar-refractivity contribution in [3.05, 3.63) is 51.4 Å². The molecule has 0 aliphatic rings. The van der Waals surface area contributed by atoms with Crippen LogP contribution in [0.1, 0.15) is 10.4 Å². The molecule has 108 valence electrons. The van der Waals surface area contributed by atoms with Crippen molar-refractivity contribution in [2.45, 2.75) is 0 Å². The quantitative estimate of drug-likeness (QED) is 0.527. The van der Waals surface area contributed by atoms with Crippen molar-refractivity contribution >= 4 is 28.9 Å². The summed E-state index contributed by atoms with van der Waals surface area (Å²) in [5, 5.41) is 13.1. The van der Waals surface area contributed by atoms with Crippen molar-refractivity contribution in [3.63, 3.8) is 0 Å². The lowest BCUT2D eigenvalue weighted by molar-refractivity contribution is -0.385. The summed E-state index contributed by atoms with van der Waals surface area (Å²) >= 11 is 5.65. The topological polar surface area (TPSA) is 107 Å². The van der Waals surface area contributed by atoms with Gasteiger partial charge in [0, 0.05) is 12.3 Å². The fourth-order valence-electron chi connectivity index (χ4n) is 1.56. The van der Waals surface area contributed by atoms with Gasteiger partial charge in [0.25, 0.3) is 5.91 Å². The van der Waals surface area contributed by atoms with Gasteiger partial charge in [-0.1, -0.05) is 11.6 Å². The molecule has 0 atom stereocenters. The Morgan fingerprint density at radius 3 is 2.71 bits per heavy atom. The van der Waals surface area contributed by atoms with Gasteiger partial charge in [0.05, 0.1) is 23.9 Å². The Bertz CT molecular complexity index is 690. The number of methoxy groups -OCH3 is 1. The Morgan fingerprint density at radius 2 is 2.14 bits per heavy atom. The highest BCUT2D eigenvalue weighted by molar-refractivity contribution is 6.32. The SMILES string of the molecule is COc1ccc(NC(=O)c2ccnc(Cl)c2[N+](=O)[O-])cn1. The molecule has 0 saturated heterocycles. The molecule has 0 spiro atoms. The summed E-state index contributed by atoms with van der Waals surface area (Å²) < 4.78 is 4.89. The summed E-state index contributed by atoms with van der Waals surface area (Å²) in [6.45, 7) is 0. The smallest absolute Gasteiger partial charge is 0.319 e. The summed E-state index contributed by atoms with van der Waals surface area (Å²) in [6, 6.07) is 4.32. The van der Waals surface area contributed by atoms with Gasteiger partial charge in [0.1, 0.15) is 5.56 Å². The van der Waals surface area contributed by atoms with E-state index < -0.39 is 16.5 Å². The van der Waals surface area contributed by atoms with E-state index in [0.29, 0.717) is 11.6 Å². The summed E-state index contributed by atoms with van der Waals surface area (Å²) in [7, 11) is 1.46. The van der Waals surface area contributed by atoms with Crippen LogP contribution in [0.15, 0.2) is 30.6 Å². The largest absolute Gasteiger partial charge is 0.481 e. The third kappa shape index (κ3) is 3.23. The first-order chi connectivity index (χ1) is 10.0. The minimum absolute atomic E-state index is 0.184. The van der Waals surface area contributed by atoms with Crippen LogP contribution in [0, 0.1) is 10.1 Å². The van der Waals surface area contributed by atoms with E-state index >= 15 is 0 Å². The molecule has 2 aromatic rings. The van der Waals surface area contributed by atoms with E-state index in [0.717, 1.165) is 0 Å². The molecular formula is C12H9ClN4O4. The van der Waals surface area contributed by atoms with Gasteiger partial charge in [-0.25, -0.2) is 9.97 Å². The second-order valence-corrected chi connectivity index (χ2v) is 4.16. The molecule has 9 heteroatoms. The summed E-state index contributed by atoms with van der Waals surface area (Å²) in [6.07, 6.45) is 2.59. The molecular weight excluding hydrogens is 300 g/mol. The van der Waals surface area contributed by atoms with Gasteiger partial charge in [-0.3, -0.25) is 14.9 Å². The van der Waals surface area contributed by atoms with Gasteiger partial charge in [-0.05, 0) is 12.1 Å². The van der Waals surface area contributed by atoms with Crippen LogP contribution in [0.3, 0.4) is 0 Å². The van der Waals surface area contributed by atoms with Crippen molar-refractivity contribution in [3.8, 4) is 5.88 Å². The van der Waals surface area contributed by atoms with E-state index in [9.17, 15) is 14.9 Å². The fraction of sp³-hybridized carbons (Fsp3) is 0.0833. The van der Waals surface area contributed by atoms with Gasteiger partial charge >= 0.3 is 5.69 Å². The maximum Gasteiger partial charge on any atom is 0.319 e. The van der Waals surface area contributed by atoms with E-state index in [1.807, 2.05) is 0 Å². The summed E-state index contributed by atoms with van der Waals surface area (Å²) in [5.41, 5.74) is -0.364. The highest BCUT2D eigenvalue weighted by Crippen LogP contribution is 2.26. The number of halogens is 1. The van der Waals surface area contributed by atoms with Crippen LogP contribution in [0.25, 0.3) is 0 Å². The molecule has 0 saturated carbocycles. The zero-order valence-electron chi connectivity index (χ0n) is 10.7. The van der Waals surface area contributed by atoms with Crippen molar-refractivity contribution < 1.29 is 14.5 Å². The molecule has 21 heavy (non-hydrogen) atoms. The number of carbonyl (C=O) groups is 1. The second kappa shape index (κ2) is 6.14. The molecule has 2 heterocycles. The predicted octanol–water partition coefficient (Wildman–Crippen LogP) is 2.30. The number of rotatable bonds is 4. The molecule has 0 radical (unpaired) electrons. The van der Waals surface area contributed by atoms with Crippen LogP contribution in [-0.4, -0.2) is 27.9 Å². The van der Waals surface area contributed by atoms with E-state index in [2.05, 4.69) is 15.3 Å². The highest BCUT2D eigenvalue weighted by atomic mass is 35.5. The fourth-order valence-corrected chi connectivity index (χ4v) is 1.79. The highest BCUT2D eigenvalue weighted by Gasteiger charge is 2.24. The van der Waals surface area contributed by atoms with Gasteiger partial charge in [-0.2, -0.15) is 0 Å². The molecule has 2 rings (SSSR count). The number of nitrogens with zero attached hydrogens (tertiary/aromatic N) is 3. The molecule has 2 aromatic heterocycles. The van der Waals surface area contributed by atoms with Crippen LogP contribution >= 0.6 is 11.6 Å². The zero-order chi connectivity index (χ0) is 15.4. The lowest BCUT2D eigenvalue weighted by atomic mass is 10.2. The minimum Gasteiger partial charge on any atom is -0.481 e. The third-order valence-electron chi connectivity index (χ3n) is 2.51. The van der Waals surface area contributed by atoms with Gasteiger partial charge in [0.2, 0.25) is 11.0 Å². The van der Waals surface area contributed by atoms with E-state index in [1.165, 1.54) is 25.6 Å². The monoisotopic (exact) mass is 308 g/mol. The van der Waals surface area contributed by atoms with Crippen LogP contribution < -0.4 is 10.1 Å².